The van der Waals surface area contributed by atoms with Gasteiger partial charge in [-0.1, -0.05) is 24.3 Å². The maximum absolute atomic E-state index is 9.02. The summed E-state index contributed by atoms with van der Waals surface area (Å²) in [6.45, 7) is 4.10. The largest absolute Gasteiger partial charge is 0.496 e. The molecule has 0 aliphatic rings. The molecule has 5 heteroatoms. The predicted octanol–water partition coefficient (Wildman–Crippen LogP) is 3.32. The molecule has 0 unspecified atom stereocenters. The number of methoxy groups -OCH3 is 1. The van der Waals surface area contributed by atoms with Crippen molar-refractivity contribution in [2.24, 2.45) is 0 Å². The molecular weight excluding hydrogens is 266 g/mol. The van der Waals surface area contributed by atoms with Crippen LogP contribution >= 0.6 is 0 Å². The van der Waals surface area contributed by atoms with Gasteiger partial charge in [0.25, 0.3) is 0 Å². The Balaban J connectivity index is 2.23. The summed E-state index contributed by atoms with van der Waals surface area (Å²) in [7, 11) is 1.61. The van der Waals surface area contributed by atoms with Crippen LogP contribution in [0.4, 0.5) is 5.88 Å². The van der Waals surface area contributed by atoms with Crippen LogP contribution in [0.3, 0.4) is 0 Å². The fourth-order valence-corrected chi connectivity index (χ4v) is 1.73. The molecule has 1 heterocycles. The summed E-state index contributed by atoms with van der Waals surface area (Å²) in [5.74, 6) is 1.45. The van der Waals surface area contributed by atoms with Crippen LogP contribution in [0.25, 0.3) is 12.2 Å². The summed E-state index contributed by atoms with van der Waals surface area (Å²) in [6.07, 6.45) is 5.19. The van der Waals surface area contributed by atoms with Crippen LogP contribution in [-0.2, 0) is 0 Å². The minimum Gasteiger partial charge on any atom is -0.496 e. The summed E-state index contributed by atoms with van der Waals surface area (Å²) >= 11 is 0. The highest BCUT2D eigenvalue weighted by Gasteiger charge is 2.10. The Morgan fingerprint density at radius 1 is 1.43 bits per heavy atom. The van der Waals surface area contributed by atoms with Gasteiger partial charge < -0.3 is 14.5 Å². The molecule has 5 nitrogen and oxygen atoms in total. The standard InChI is InChI=1S/C16H15N3O2/c1-3-10-18-16-13(11-17)19-15(21-16)9-8-12-6-4-5-7-14(12)20-2/h3-9,18H,1,10H2,2H3/b9-8+. The van der Waals surface area contributed by atoms with Crippen molar-refractivity contribution in [3.63, 3.8) is 0 Å². The summed E-state index contributed by atoms with van der Waals surface area (Å²) < 4.78 is 10.7. The van der Waals surface area contributed by atoms with Gasteiger partial charge >= 0.3 is 0 Å². The molecule has 0 fully saturated rings. The van der Waals surface area contributed by atoms with E-state index in [0.29, 0.717) is 18.3 Å². The van der Waals surface area contributed by atoms with Crippen LogP contribution < -0.4 is 10.1 Å². The first-order valence-corrected chi connectivity index (χ1v) is 6.35. The van der Waals surface area contributed by atoms with E-state index in [4.69, 9.17) is 14.4 Å². The molecule has 0 amide bonds. The third-order valence-corrected chi connectivity index (χ3v) is 2.70. The number of oxazole rings is 1. The fraction of sp³-hybridized carbons (Fsp3) is 0.125. The number of rotatable bonds is 6. The Labute approximate surface area is 123 Å². The lowest BCUT2D eigenvalue weighted by atomic mass is 10.2. The van der Waals surface area contributed by atoms with E-state index >= 15 is 0 Å². The second-order valence-electron chi connectivity index (χ2n) is 4.09. The van der Waals surface area contributed by atoms with Crippen molar-refractivity contribution in [2.75, 3.05) is 19.0 Å². The number of hydrogen-bond donors (Lipinski definition) is 1. The third kappa shape index (κ3) is 3.51. The Morgan fingerprint density at radius 3 is 2.95 bits per heavy atom. The lowest BCUT2D eigenvalue weighted by Crippen LogP contribution is -1.97. The molecule has 2 aromatic rings. The number of nitrogens with one attached hydrogen (secondary N) is 1. The van der Waals surface area contributed by atoms with E-state index in [-0.39, 0.29) is 5.69 Å². The van der Waals surface area contributed by atoms with E-state index in [1.807, 2.05) is 36.4 Å². The van der Waals surface area contributed by atoms with E-state index in [1.165, 1.54) is 0 Å². The van der Waals surface area contributed by atoms with Gasteiger partial charge in [-0.25, -0.2) is 0 Å². The van der Waals surface area contributed by atoms with E-state index < -0.39 is 0 Å². The van der Waals surface area contributed by atoms with Crippen LogP contribution in [0.15, 0.2) is 41.3 Å². The molecule has 0 saturated heterocycles. The maximum atomic E-state index is 9.02. The molecule has 0 bridgehead atoms. The van der Waals surface area contributed by atoms with Crippen molar-refractivity contribution in [1.29, 1.82) is 5.26 Å². The minimum absolute atomic E-state index is 0.219. The van der Waals surface area contributed by atoms with E-state index in [9.17, 15) is 0 Å². The molecule has 21 heavy (non-hydrogen) atoms. The van der Waals surface area contributed by atoms with E-state index in [0.717, 1.165) is 11.3 Å². The quantitative estimate of drug-likeness (QED) is 0.822. The molecule has 1 aromatic carbocycles. The van der Waals surface area contributed by atoms with Crippen molar-refractivity contribution in [3.05, 3.63) is 54.1 Å². The predicted molar refractivity (Wildman–Crippen MR) is 81.8 cm³/mol. The summed E-state index contributed by atoms with van der Waals surface area (Å²) in [5.41, 5.74) is 1.12. The van der Waals surface area contributed by atoms with Crippen molar-refractivity contribution in [2.45, 2.75) is 0 Å². The molecule has 1 N–H and O–H groups in total. The van der Waals surface area contributed by atoms with Gasteiger partial charge in [-0.3, -0.25) is 0 Å². The number of aromatic nitrogens is 1. The van der Waals surface area contributed by atoms with Gasteiger partial charge in [-0.2, -0.15) is 10.2 Å². The SMILES string of the molecule is C=CCNc1oc(/C=C/c2ccccc2OC)nc1C#N. The average Bonchev–Trinajstić information content (AvgIpc) is 2.93. The zero-order valence-corrected chi connectivity index (χ0v) is 11.7. The molecular formula is C16H15N3O2. The highest BCUT2D eigenvalue weighted by molar-refractivity contribution is 5.70. The first-order chi connectivity index (χ1) is 10.3. The van der Waals surface area contributed by atoms with Crippen molar-refractivity contribution in [1.82, 2.24) is 4.98 Å². The van der Waals surface area contributed by atoms with Crippen LogP contribution in [-0.4, -0.2) is 18.6 Å². The third-order valence-electron chi connectivity index (χ3n) is 2.70. The van der Waals surface area contributed by atoms with Crippen LogP contribution in [0.5, 0.6) is 5.75 Å². The number of anilines is 1. The minimum atomic E-state index is 0.219. The van der Waals surface area contributed by atoms with Gasteiger partial charge in [0.15, 0.2) is 0 Å². The van der Waals surface area contributed by atoms with Crippen LogP contribution in [0, 0.1) is 11.3 Å². The number of hydrogen-bond acceptors (Lipinski definition) is 5. The van der Waals surface area contributed by atoms with Gasteiger partial charge in [-0.15, -0.1) is 6.58 Å². The maximum Gasteiger partial charge on any atom is 0.232 e. The average molecular weight is 281 g/mol. The molecule has 0 aliphatic heterocycles. The lowest BCUT2D eigenvalue weighted by Gasteiger charge is -2.02. The molecule has 0 aliphatic carbocycles. The summed E-state index contributed by atoms with van der Waals surface area (Å²) in [4.78, 5) is 4.10. The van der Waals surface area contributed by atoms with Crippen molar-refractivity contribution in [3.8, 4) is 11.8 Å². The number of para-hydroxylation sites is 1. The number of nitriles is 1. The number of benzene rings is 1. The Bertz CT molecular complexity index is 696. The topological polar surface area (TPSA) is 71.1 Å². The molecule has 0 spiro atoms. The molecule has 1 aromatic heterocycles. The normalized spacial score (nSPS) is 10.3. The second kappa shape index (κ2) is 6.96. The highest BCUT2D eigenvalue weighted by atomic mass is 16.5. The highest BCUT2D eigenvalue weighted by Crippen LogP contribution is 2.22. The Hall–Kier alpha value is -3.00. The molecule has 0 atom stereocenters. The summed E-state index contributed by atoms with van der Waals surface area (Å²) in [5, 5.41) is 11.9. The van der Waals surface area contributed by atoms with E-state index in [2.05, 4.69) is 16.9 Å². The van der Waals surface area contributed by atoms with Crippen molar-refractivity contribution >= 4 is 18.0 Å². The van der Waals surface area contributed by atoms with Gasteiger partial charge in [0.05, 0.1) is 7.11 Å². The lowest BCUT2D eigenvalue weighted by molar-refractivity contribution is 0.414. The van der Waals surface area contributed by atoms with Gasteiger partial charge in [-0.05, 0) is 12.1 Å². The Kier molecular flexibility index (Phi) is 4.78. The van der Waals surface area contributed by atoms with Gasteiger partial charge in [0.1, 0.15) is 11.8 Å². The molecule has 0 radical (unpaired) electrons. The van der Waals surface area contributed by atoms with E-state index in [1.54, 1.807) is 19.3 Å². The summed E-state index contributed by atoms with van der Waals surface area (Å²) in [6, 6.07) is 9.58. The smallest absolute Gasteiger partial charge is 0.232 e. The zero-order valence-electron chi connectivity index (χ0n) is 11.7. The monoisotopic (exact) mass is 281 g/mol. The van der Waals surface area contributed by atoms with Gasteiger partial charge in [0.2, 0.25) is 17.5 Å². The molecule has 106 valence electrons. The first-order valence-electron chi connectivity index (χ1n) is 6.35. The Morgan fingerprint density at radius 2 is 2.24 bits per heavy atom. The second-order valence-corrected chi connectivity index (χ2v) is 4.09. The van der Waals surface area contributed by atoms with Crippen molar-refractivity contribution < 1.29 is 9.15 Å². The molecule has 0 saturated carbocycles. The first kappa shape index (κ1) is 14.4. The fourth-order valence-electron chi connectivity index (χ4n) is 1.73. The number of ether oxygens (including phenoxy) is 1. The number of nitrogens with zero attached hydrogens (tertiary/aromatic N) is 2. The van der Waals surface area contributed by atoms with Crippen LogP contribution in [0.1, 0.15) is 17.1 Å². The zero-order chi connectivity index (χ0) is 15.1. The van der Waals surface area contributed by atoms with Crippen LogP contribution in [0.2, 0.25) is 0 Å². The molecule has 2 rings (SSSR count). The van der Waals surface area contributed by atoms with Gasteiger partial charge in [0, 0.05) is 18.2 Å².